The molecule has 0 spiro atoms. The van der Waals surface area contributed by atoms with Gasteiger partial charge in [-0.1, -0.05) is 37.6 Å². The van der Waals surface area contributed by atoms with Crippen LogP contribution in [0.25, 0.3) is 0 Å². The number of phenolic OH excluding ortho intramolecular Hbond substituents is 1. The van der Waals surface area contributed by atoms with Gasteiger partial charge in [0.2, 0.25) is 0 Å². The Morgan fingerprint density at radius 1 is 1.24 bits per heavy atom. The third-order valence-electron chi connectivity index (χ3n) is 4.03. The number of benzene rings is 2. The highest BCUT2D eigenvalue weighted by Crippen LogP contribution is 2.26. The normalized spacial score (nSPS) is 12.0. The van der Waals surface area contributed by atoms with Gasteiger partial charge in [-0.3, -0.25) is 9.59 Å². The van der Waals surface area contributed by atoms with E-state index in [4.69, 9.17) is 16.3 Å². The van der Waals surface area contributed by atoms with Gasteiger partial charge >= 0.3 is 0 Å². The number of phenols is 1. The Morgan fingerprint density at radius 2 is 1.97 bits per heavy atom. The van der Waals surface area contributed by atoms with E-state index >= 15 is 0 Å². The zero-order valence-corrected chi connectivity index (χ0v) is 17.2. The lowest BCUT2D eigenvalue weighted by Crippen LogP contribution is -2.48. The zero-order chi connectivity index (χ0) is 21.4. The predicted octanol–water partition coefficient (Wildman–Crippen LogP) is 3.35. The van der Waals surface area contributed by atoms with Gasteiger partial charge in [0, 0.05) is 0 Å². The second kappa shape index (κ2) is 10.5. The van der Waals surface area contributed by atoms with Crippen molar-refractivity contribution < 1.29 is 19.4 Å². The topological polar surface area (TPSA) is 100 Å². The summed E-state index contributed by atoms with van der Waals surface area (Å²) < 4.78 is 5.31. The predicted molar refractivity (Wildman–Crippen MR) is 113 cm³/mol. The van der Waals surface area contributed by atoms with Gasteiger partial charge < -0.3 is 15.2 Å². The molecule has 0 radical (unpaired) electrons. The number of hydrazone groups is 1. The number of carbonyl (C=O) groups is 2. The summed E-state index contributed by atoms with van der Waals surface area (Å²) in [6, 6.07) is 10.5. The van der Waals surface area contributed by atoms with Crippen LogP contribution in [-0.4, -0.2) is 35.8 Å². The number of hydrogen-bond donors (Lipinski definition) is 3. The molecule has 2 amide bonds. The van der Waals surface area contributed by atoms with E-state index in [-0.39, 0.29) is 11.7 Å². The van der Waals surface area contributed by atoms with Crippen LogP contribution >= 0.6 is 11.6 Å². The summed E-state index contributed by atoms with van der Waals surface area (Å²) in [5, 5.41) is 16.7. The molecule has 0 aliphatic carbocycles. The summed E-state index contributed by atoms with van der Waals surface area (Å²) in [4.78, 5) is 25.0. The lowest BCUT2D eigenvalue weighted by Gasteiger charge is -2.20. The van der Waals surface area contributed by atoms with Crippen molar-refractivity contribution in [2.24, 2.45) is 11.0 Å². The van der Waals surface area contributed by atoms with Crippen LogP contribution in [0.1, 0.15) is 36.7 Å². The quantitative estimate of drug-likeness (QED) is 0.453. The first-order valence-electron chi connectivity index (χ1n) is 9.17. The highest BCUT2D eigenvalue weighted by molar-refractivity contribution is 6.33. The number of hydrogen-bond acceptors (Lipinski definition) is 5. The summed E-state index contributed by atoms with van der Waals surface area (Å²) in [6.07, 6.45) is 1.42. The Morgan fingerprint density at radius 3 is 2.62 bits per heavy atom. The molecule has 154 valence electrons. The largest absolute Gasteiger partial charge is 0.504 e. The van der Waals surface area contributed by atoms with Gasteiger partial charge in [-0.2, -0.15) is 5.10 Å². The summed E-state index contributed by atoms with van der Waals surface area (Å²) >= 11 is 6.05. The average Bonchev–Trinajstić information content (AvgIpc) is 2.68. The Balaban J connectivity index is 2.04. The monoisotopic (exact) mass is 417 g/mol. The number of aromatic hydroxyl groups is 1. The van der Waals surface area contributed by atoms with Gasteiger partial charge in [0.25, 0.3) is 11.8 Å². The molecule has 0 saturated carbocycles. The van der Waals surface area contributed by atoms with E-state index in [0.717, 1.165) is 0 Å². The molecular formula is C21H24ClN3O4. The molecule has 0 fully saturated rings. The fraction of sp³-hybridized carbons (Fsp3) is 0.286. The first-order chi connectivity index (χ1) is 13.8. The maximum atomic E-state index is 12.5. The fourth-order valence-corrected chi connectivity index (χ4v) is 2.74. The van der Waals surface area contributed by atoms with Crippen molar-refractivity contribution in [3.05, 3.63) is 58.6 Å². The highest BCUT2D eigenvalue weighted by Gasteiger charge is 2.25. The molecular weight excluding hydrogens is 394 g/mol. The maximum Gasteiger partial charge on any atom is 0.262 e. The molecule has 2 rings (SSSR count). The molecule has 1 atom stereocenters. The molecule has 0 aliphatic rings. The van der Waals surface area contributed by atoms with Gasteiger partial charge in [-0.15, -0.1) is 0 Å². The standard InChI is InChI=1S/C21H24ClN3O4/c1-4-29-18-11-14(9-10-17(18)26)12-23-25-21(28)19(13(2)3)24-20(27)15-7-5-6-8-16(15)22/h5-13,19,26H,4H2,1-3H3,(H,24,27)(H,25,28)/b23-12+. The molecule has 7 nitrogen and oxygen atoms in total. The number of halogens is 1. The van der Waals surface area contributed by atoms with E-state index in [1.807, 2.05) is 20.8 Å². The van der Waals surface area contributed by atoms with Gasteiger partial charge in [-0.25, -0.2) is 5.43 Å². The molecule has 0 bridgehead atoms. The summed E-state index contributed by atoms with van der Waals surface area (Å²) in [7, 11) is 0. The van der Waals surface area contributed by atoms with Crippen molar-refractivity contribution in [2.75, 3.05) is 6.61 Å². The van der Waals surface area contributed by atoms with Crippen molar-refractivity contribution >= 4 is 29.6 Å². The highest BCUT2D eigenvalue weighted by atomic mass is 35.5. The lowest BCUT2D eigenvalue weighted by atomic mass is 10.0. The van der Waals surface area contributed by atoms with Crippen LogP contribution in [0.3, 0.4) is 0 Å². The molecule has 8 heteroatoms. The van der Waals surface area contributed by atoms with Crippen LogP contribution in [0.5, 0.6) is 11.5 Å². The minimum atomic E-state index is -0.797. The smallest absolute Gasteiger partial charge is 0.262 e. The number of rotatable bonds is 8. The van der Waals surface area contributed by atoms with Crippen molar-refractivity contribution in [2.45, 2.75) is 26.8 Å². The molecule has 2 aromatic rings. The van der Waals surface area contributed by atoms with E-state index in [1.54, 1.807) is 36.4 Å². The molecule has 2 aromatic carbocycles. The Kier molecular flexibility index (Phi) is 8.03. The molecule has 0 saturated heterocycles. The summed E-state index contributed by atoms with van der Waals surface area (Å²) in [6.45, 7) is 5.85. The van der Waals surface area contributed by atoms with Gasteiger partial charge in [0.15, 0.2) is 11.5 Å². The van der Waals surface area contributed by atoms with Crippen LogP contribution in [0.15, 0.2) is 47.6 Å². The second-order valence-electron chi connectivity index (χ2n) is 6.57. The zero-order valence-electron chi connectivity index (χ0n) is 16.5. The van der Waals surface area contributed by atoms with Crippen molar-refractivity contribution in [3.63, 3.8) is 0 Å². The first-order valence-corrected chi connectivity index (χ1v) is 9.55. The minimum absolute atomic E-state index is 0.0233. The molecule has 3 N–H and O–H groups in total. The SMILES string of the molecule is CCOc1cc(/C=N/NC(=O)C(NC(=O)c2ccccc2Cl)C(C)C)ccc1O. The van der Waals surface area contributed by atoms with Crippen LogP contribution in [-0.2, 0) is 4.79 Å². The Labute approximate surface area is 174 Å². The molecule has 0 aliphatic heterocycles. The van der Waals surface area contributed by atoms with E-state index < -0.39 is 17.9 Å². The number of amides is 2. The number of carbonyl (C=O) groups excluding carboxylic acids is 2. The van der Waals surface area contributed by atoms with Crippen LogP contribution in [0, 0.1) is 5.92 Å². The number of nitrogens with zero attached hydrogens (tertiary/aromatic N) is 1. The molecule has 0 heterocycles. The third kappa shape index (κ3) is 6.22. The second-order valence-corrected chi connectivity index (χ2v) is 6.98. The minimum Gasteiger partial charge on any atom is -0.504 e. The number of ether oxygens (including phenoxy) is 1. The average molecular weight is 418 g/mol. The first kappa shape index (κ1) is 22.2. The summed E-state index contributed by atoms with van der Waals surface area (Å²) in [5.41, 5.74) is 3.36. The van der Waals surface area contributed by atoms with Crippen LogP contribution < -0.4 is 15.5 Å². The van der Waals surface area contributed by atoms with Gasteiger partial charge in [0.1, 0.15) is 6.04 Å². The van der Waals surface area contributed by atoms with Crippen LogP contribution in [0.2, 0.25) is 5.02 Å². The third-order valence-corrected chi connectivity index (χ3v) is 4.36. The van der Waals surface area contributed by atoms with Crippen molar-refractivity contribution in [1.29, 1.82) is 0 Å². The van der Waals surface area contributed by atoms with Crippen LogP contribution in [0.4, 0.5) is 0 Å². The van der Waals surface area contributed by atoms with E-state index in [0.29, 0.717) is 28.5 Å². The van der Waals surface area contributed by atoms with E-state index in [2.05, 4.69) is 15.8 Å². The van der Waals surface area contributed by atoms with E-state index in [9.17, 15) is 14.7 Å². The Hall–Kier alpha value is -3.06. The fourth-order valence-electron chi connectivity index (χ4n) is 2.52. The van der Waals surface area contributed by atoms with E-state index in [1.165, 1.54) is 12.3 Å². The van der Waals surface area contributed by atoms with Gasteiger partial charge in [-0.05, 0) is 48.7 Å². The van der Waals surface area contributed by atoms with Crippen molar-refractivity contribution in [3.8, 4) is 11.5 Å². The number of nitrogens with one attached hydrogen (secondary N) is 2. The molecule has 0 aromatic heterocycles. The molecule has 1 unspecified atom stereocenters. The van der Waals surface area contributed by atoms with Gasteiger partial charge in [0.05, 0.1) is 23.4 Å². The maximum absolute atomic E-state index is 12.5. The Bertz CT molecular complexity index is 899. The molecule has 29 heavy (non-hydrogen) atoms. The lowest BCUT2D eigenvalue weighted by molar-refractivity contribution is -0.123. The van der Waals surface area contributed by atoms with Crippen molar-refractivity contribution in [1.82, 2.24) is 10.7 Å². The summed E-state index contributed by atoms with van der Waals surface area (Å²) in [5.74, 6) is -0.714.